The maximum absolute atomic E-state index is 12.2. The van der Waals surface area contributed by atoms with Gasteiger partial charge in [0.2, 0.25) is 25.8 Å². The fraction of sp³-hybridized carbons (Fsp3) is 0.385. The summed E-state index contributed by atoms with van der Waals surface area (Å²) in [4.78, 5) is 0. The van der Waals surface area contributed by atoms with Gasteiger partial charge in [0, 0.05) is 0 Å². The molecule has 0 saturated heterocycles. The van der Waals surface area contributed by atoms with E-state index < -0.39 is 25.1 Å². The predicted molar refractivity (Wildman–Crippen MR) is 82.5 cm³/mol. The van der Waals surface area contributed by atoms with E-state index in [4.69, 9.17) is 4.42 Å². The van der Waals surface area contributed by atoms with Gasteiger partial charge in [-0.1, -0.05) is 42.4 Å². The van der Waals surface area contributed by atoms with E-state index in [0.717, 1.165) is 0 Å². The zero-order valence-corrected chi connectivity index (χ0v) is 14.1. The molecule has 1 heterocycles. The first-order valence-electron chi connectivity index (χ1n) is 6.89. The van der Waals surface area contributed by atoms with Gasteiger partial charge in [0.15, 0.2) is 0 Å². The van der Waals surface area contributed by atoms with Crippen LogP contribution in [0.1, 0.15) is 24.8 Å². The Morgan fingerprint density at radius 3 is 2.43 bits per heavy atom. The minimum Gasteiger partial charge on any atom is -0.411 e. The summed E-state index contributed by atoms with van der Waals surface area (Å²) in [7, 11) is -7.21. The molecule has 0 saturated carbocycles. The first kappa shape index (κ1) is 17.6. The standard InChI is InChI=1S/C13H17N3O5S2/c1-2-8-23(19,20)14-9-12-15-16-13(21-12)22(17,18)10-11-6-4-3-5-7-11/h3-7,14H,2,8-10H2,1H3. The molecule has 0 fully saturated rings. The Labute approximate surface area is 134 Å². The minimum absolute atomic E-state index is 0.0275. The molecule has 1 N–H and O–H groups in total. The summed E-state index contributed by atoms with van der Waals surface area (Å²) in [6, 6.07) is 8.59. The van der Waals surface area contributed by atoms with Crippen molar-refractivity contribution in [1.29, 1.82) is 0 Å². The maximum atomic E-state index is 12.2. The molecule has 0 atom stereocenters. The molecule has 2 aromatic rings. The molecule has 0 unspecified atom stereocenters. The average Bonchev–Trinajstić information content (AvgIpc) is 2.96. The second kappa shape index (κ2) is 7.20. The minimum atomic E-state index is -3.77. The summed E-state index contributed by atoms with van der Waals surface area (Å²) in [5, 5.41) is 6.53. The lowest BCUT2D eigenvalue weighted by Gasteiger charge is -2.02. The van der Waals surface area contributed by atoms with Gasteiger partial charge in [-0.2, -0.15) is 0 Å². The lowest BCUT2D eigenvalue weighted by molar-refractivity contribution is 0.393. The molecule has 0 bridgehead atoms. The lowest BCUT2D eigenvalue weighted by atomic mass is 10.2. The molecule has 23 heavy (non-hydrogen) atoms. The van der Waals surface area contributed by atoms with Crippen LogP contribution in [-0.4, -0.2) is 32.8 Å². The van der Waals surface area contributed by atoms with Gasteiger partial charge < -0.3 is 4.42 Å². The zero-order chi connectivity index (χ0) is 16.9. The maximum Gasteiger partial charge on any atom is 0.335 e. The van der Waals surface area contributed by atoms with Crippen molar-refractivity contribution >= 4 is 19.9 Å². The van der Waals surface area contributed by atoms with E-state index in [0.29, 0.717) is 12.0 Å². The molecule has 8 nitrogen and oxygen atoms in total. The van der Waals surface area contributed by atoms with Crippen LogP contribution in [0.4, 0.5) is 0 Å². The second-order valence-corrected chi connectivity index (χ2v) is 8.64. The van der Waals surface area contributed by atoms with Crippen LogP contribution in [0, 0.1) is 0 Å². The average molecular weight is 359 g/mol. The van der Waals surface area contributed by atoms with E-state index in [-0.39, 0.29) is 23.9 Å². The van der Waals surface area contributed by atoms with E-state index in [1.54, 1.807) is 37.3 Å². The van der Waals surface area contributed by atoms with Crippen molar-refractivity contribution in [3.63, 3.8) is 0 Å². The van der Waals surface area contributed by atoms with Gasteiger partial charge >= 0.3 is 5.22 Å². The SMILES string of the molecule is CCCS(=O)(=O)NCc1nnc(S(=O)(=O)Cc2ccccc2)o1. The van der Waals surface area contributed by atoms with Gasteiger partial charge in [0.25, 0.3) is 0 Å². The van der Waals surface area contributed by atoms with E-state index in [1.165, 1.54) is 0 Å². The molecule has 1 aromatic carbocycles. The van der Waals surface area contributed by atoms with Gasteiger partial charge in [-0.15, -0.1) is 5.10 Å². The van der Waals surface area contributed by atoms with Crippen LogP contribution in [0.5, 0.6) is 0 Å². The first-order valence-corrected chi connectivity index (χ1v) is 10.2. The third-order valence-corrected chi connectivity index (χ3v) is 5.77. The topological polar surface area (TPSA) is 119 Å². The number of hydrogen-bond acceptors (Lipinski definition) is 7. The Kier molecular flexibility index (Phi) is 5.50. The number of sulfone groups is 1. The summed E-state index contributed by atoms with van der Waals surface area (Å²) in [6.07, 6.45) is 0.468. The highest BCUT2D eigenvalue weighted by Gasteiger charge is 2.23. The van der Waals surface area contributed by atoms with E-state index >= 15 is 0 Å². The van der Waals surface area contributed by atoms with Gasteiger partial charge in [-0.25, -0.2) is 21.6 Å². The Bertz CT molecular complexity index is 845. The summed E-state index contributed by atoms with van der Waals surface area (Å²) in [5.41, 5.74) is 0.593. The highest BCUT2D eigenvalue weighted by atomic mass is 32.2. The number of sulfonamides is 1. The van der Waals surface area contributed by atoms with Crippen molar-refractivity contribution < 1.29 is 21.3 Å². The Morgan fingerprint density at radius 1 is 1.09 bits per heavy atom. The van der Waals surface area contributed by atoms with Crippen LogP contribution >= 0.6 is 0 Å². The fourth-order valence-corrected chi connectivity index (χ4v) is 3.97. The third-order valence-electron chi connectivity index (χ3n) is 2.83. The van der Waals surface area contributed by atoms with Crippen LogP contribution < -0.4 is 4.72 Å². The van der Waals surface area contributed by atoms with Crippen molar-refractivity contribution in [2.75, 3.05) is 5.75 Å². The van der Waals surface area contributed by atoms with Crippen LogP contribution in [0.2, 0.25) is 0 Å². The van der Waals surface area contributed by atoms with E-state index in [2.05, 4.69) is 14.9 Å². The van der Waals surface area contributed by atoms with Crippen LogP contribution in [-0.2, 0) is 32.2 Å². The van der Waals surface area contributed by atoms with Crippen LogP contribution in [0.3, 0.4) is 0 Å². The predicted octanol–water partition coefficient (Wildman–Crippen LogP) is 0.873. The quantitative estimate of drug-likeness (QED) is 0.742. The Balaban J connectivity index is 2.06. The van der Waals surface area contributed by atoms with Gasteiger partial charge in [-0.05, 0) is 12.0 Å². The van der Waals surface area contributed by atoms with E-state index in [1.807, 2.05) is 0 Å². The first-order chi connectivity index (χ1) is 10.8. The summed E-state index contributed by atoms with van der Waals surface area (Å²) in [5.74, 6) is -0.395. The number of benzene rings is 1. The second-order valence-electron chi connectivity index (χ2n) is 4.85. The number of nitrogens with one attached hydrogen (secondary N) is 1. The van der Waals surface area contributed by atoms with Crippen molar-refractivity contribution in [3.05, 3.63) is 41.8 Å². The summed E-state index contributed by atoms with van der Waals surface area (Å²) in [6.45, 7) is 1.50. The molecule has 0 aliphatic carbocycles. The molecular weight excluding hydrogens is 342 g/mol. The molecule has 2 rings (SSSR count). The molecule has 126 valence electrons. The monoisotopic (exact) mass is 359 g/mol. The summed E-state index contributed by atoms with van der Waals surface area (Å²) >= 11 is 0. The lowest BCUT2D eigenvalue weighted by Crippen LogP contribution is -2.25. The highest BCUT2D eigenvalue weighted by Crippen LogP contribution is 2.15. The molecule has 10 heteroatoms. The zero-order valence-electron chi connectivity index (χ0n) is 12.5. The smallest absolute Gasteiger partial charge is 0.335 e. The number of rotatable bonds is 8. The van der Waals surface area contributed by atoms with Crippen molar-refractivity contribution in [2.24, 2.45) is 0 Å². The molecule has 0 spiro atoms. The number of nitrogens with zero attached hydrogens (tertiary/aromatic N) is 2. The normalized spacial score (nSPS) is 12.4. The molecule has 1 aromatic heterocycles. The number of hydrogen-bond donors (Lipinski definition) is 1. The number of aromatic nitrogens is 2. The highest BCUT2D eigenvalue weighted by molar-refractivity contribution is 7.90. The Hall–Kier alpha value is -1.78. The van der Waals surface area contributed by atoms with Gasteiger partial charge in [-0.3, -0.25) is 0 Å². The van der Waals surface area contributed by atoms with Crippen molar-refractivity contribution in [1.82, 2.24) is 14.9 Å². The van der Waals surface area contributed by atoms with Gasteiger partial charge in [0.05, 0.1) is 18.1 Å². The van der Waals surface area contributed by atoms with Gasteiger partial charge in [0.1, 0.15) is 0 Å². The molecular formula is C13H17N3O5S2. The molecule has 0 amide bonds. The molecule has 0 radical (unpaired) electrons. The van der Waals surface area contributed by atoms with Crippen LogP contribution in [0.15, 0.2) is 40.0 Å². The summed E-state index contributed by atoms with van der Waals surface area (Å²) < 4.78 is 54.8. The van der Waals surface area contributed by atoms with E-state index in [9.17, 15) is 16.8 Å². The third kappa shape index (κ3) is 5.12. The van der Waals surface area contributed by atoms with Crippen molar-refractivity contribution in [3.8, 4) is 0 Å². The molecule has 0 aliphatic rings. The largest absolute Gasteiger partial charge is 0.411 e. The van der Waals surface area contributed by atoms with Crippen LogP contribution in [0.25, 0.3) is 0 Å². The van der Waals surface area contributed by atoms with Crippen molar-refractivity contribution in [2.45, 2.75) is 30.9 Å². The molecule has 0 aliphatic heterocycles. The Morgan fingerprint density at radius 2 is 1.78 bits per heavy atom. The fourth-order valence-electron chi connectivity index (χ4n) is 1.80.